The molecule has 184 valence electrons. The fourth-order valence-electron chi connectivity index (χ4n) is 4.52. The molecule has 0 spiro atoms. The van der Waals surface area contributed by atoms with Crippen LogP contribution in [0.5, 0.6) is 5.75 Å². The molecule has 0 bridgehead atoms. The number of anilines is 2. The molecule has 0 fully saturated rings. The van der Waals surface area contributed by atoms with Crippen molar-refractivity contribution in [1.82, 2.24) is 19.5 Å². The Morgan fingerprint density at radius 1 is 1.08 bits per heavy atom. The molecule has 1 atom stereocenters. The first kappa shape index (κ1) is 23.7. The summed E-state index contributed by atoms with van der Waals surface area (Å²) in [6.07, 6.45) is 9.20. The predicted molar refractivity (Wildman–Crippen MR) is 138 cm³/mol. The molecule has 2 aromatic heterocycles. The second-order valence-electron chi connectivity index (χ2n) is 9.12. The fourth-order valence-corrected chi connectivity index (χ4v) is 4.52. The maximum atomic E-state index is 14.5. The number of nitrogens with one attached hydrogen (secondary N) is 1. The number of aromatic nitrogens is 4. The van der Waals surface area contributed by atoms with Gasteiger partial charge in [-0.3, -0.25) is 0 Å². The Morgan fingerprint density at radius 3 is 2.53 bits per heavy atom. The van der Waals surface area contributed by atoms with Crippen molar-refractivity contribution >= 4 is 22.7 Å². The van der Waals surface area contributed by atoms with E-state index < -0.39 is 5.92 Å². The number of allylic oxidation sites excluding steroid dienone is 4. The molecule has 0 aliphatic heterocycles. The van der Waals surface area contributed by atoms with Crippen molar-refractivity contribution in [2.45, 2.75) is 32.7 Å². The van der Waals surface area contributed by atoms with Gasteiger partial charge in [0.2, 0.25) is 5.95 Å². The standard InChI is InChI=1S/C28H27F2N5O/c1-18-4-10-24(28(2,29)30)20(12-18)16-35-26-11-5-19(21-14-31-17-32-15-21)13-25(26)34-27(35)33-22-6-8-23(36-3)9-7-22/h5-15,17-18H,4,16H2,1-3H3,(H,33,34). The van der Waals surface area contributed by atoms with Crippen LogP contribution in [0, 0.1) is 5.92 Å². The van der Waals surface area contributed by atoms with Gasteiger partial charge in [-0.25, -0.2) is 23.7 Å². The van der Waals surface area contributed by atoms with Crippen LogP contribution in [-0.2, 0) is 6.54 Å². The zero-order valence-electron chi connectivity index (χ0n) is 20.4. The maximum Gasteiger partial charge on any atom is 0.270 e. The second kappa shape index (κ2) is 9.53. The molecule has 1 aliphatic rings. The predicted octanol–water partition coefficient (Wildman–Crippen LogP) is 6.79. The van der Waals surface area contributed by atoms with Crippen molar-refractivity contribution in [3.63, 3.8) is 0 Å². The van der Waals surface area contributed by atoms with Crippen molar-refractivity contribution in [3.05, 3.63) is 84.5 Å². The monoisotopic (exact) mass is 487 g/mol. The number of alkyl halides is 2. The molecule has 2 heterocycles. The van der Waals surface area contributed by atoms with Crippen LogP contribution in [-0.4, -0.2) is 32.6 Å². The molecule has 36 heavy (non-hydrogen) atoms. The Hall–Kier alpha value is -4.07. The Morgan fingerprint density at radius 2 is 1.83 bits per heavy atom. The third-order valence-corrected chi connectivity index (χ3v) is 6.32. The number of fused-ring (bicyclic) bond motifs is 1. The molecule has 1 aliphatic carbocycles. The summed E-state index contributed by atoms with van der Waals surface area (Å²) < 4.78 is 36.2. The van der Waals surface area contributed by atoms with Gasteiger partial charge in [0.25, 0.3) is 5.92 Å². The Bertz CT molecular complexity index is 1440. The number of ether oxygens (including phenoxy) is 1. The van der Waals surface area contributed by atoms with E-state index >= 15 is 0 Å². The summed E-state index contributed by atoms with van der Waals surface area (Å²) in [6.45, 7) is 3.26. The van der Waals surface area contributed by atoms with Crippen LogP contribution in [0.1, 0.15) is 20.3 Å². The minimum absolute atomic E-state index is 0.0795. The van der Waals surface area contributed by atoms with Crippen LogP contribution < -0.4 is 10.1 Å². The first-order valence-corrected chi connectivity index (χ1v) is 11.8. The molecule has 0 radical (unpaired) electrons. The number of rotatable bonds is 7. The summed E-state index contributed by atoms with van der Waals surface area (Å²) in [5.74, 6) is -1.44. The SMILES string of the molecule is COc1ccc(Nc2nc3cc(-c4cncnc4)ccc3n2CC2=CC(C)CC=C2C(C)(F)F)cc1. The third kappa shape index (κ3) is 4.84. The lowest BCUT2D eigenvalue weighted by molar-refractivity contribution is 0.0644. The van der Waals surface area contributed by atoms with Crippen LogP contribution in [0.2, 0.25) is 0 Å². The van der Waals surface area contributed by atoms with Crippen LogP contribution in [0.4, 0.5) is 20.4 Å². The lowest BCUT2D eigenvalue weighted by Crippen LogP contribution is -2.21. The summed E-state index contributed by atoms with van der Waals surface area (Å²) in [5.41, 5.74) is 4.88. The van der Waals surface area contributed by atoms with E-state index in [-0.39, 0.29) is 18.0 Å². The van der Waals surface area contributed by atoms with E-state index in [1.54, 1.807) is 25.6 Å². The Kier molecular flexibility index (Phi) is 6.26. The van der Waals surface area contributed by atoms with Gasteiger partial charge >= 0.3 is 0 Å². The molecule has 1 unspecified atom stereocenters. The van der Waals surface area contributed by atoms with E-state index in [0.717, 1.165) is 40.5 Å². The smallest absolute Gasteiger partial charge is 0.270 e. The lowest BCUT2D eigenvalue weighted by atomic mass is 9.88. The van der Waals surface area contributed by atoms with Crippen molar-refractivity contribution in [3.8, 4) is 16.9 Å². The highest BCUT2D eigenvalue weighted by molar-refractivity contribution is 5.85. The molecule has 2 aromatic carbocycles. The maximum absolute atomic E-state index is 14.5. The molecule has 0 saturated heterocycles. The highest BCUT2D eigenvalue weighted by atomic mass is 19.3. The van der Waals surface area contributed by atoms with Gasteiger partial charge in [0.05, 0.1) is 24.7 Å². The van der Waals surface area contributed by atoms with E-state index in [9.17, 15) is 8.78 Å². The van der Waals surface area contributed by atoms with Crippen molar-refractivity contribution in [1.29, 1.82) is 0 Å². The summed E-state index contributed by atoms with van der Waals surface area (Å²) in [7, 11) is 1.62. The van der Waals surface area contributed by atoms with Gasteiger partial charge in [-0.2, -0.15) is 0 Å². The molecule has 1 N–H and O–H groups in total. The van der Waals surface area contributed by atoms with Crippen LogP contribution in [0.25, 0.3) is 22.2 Å². The largest absolute Gasteiger partial charge is 0.497 e. The van der Waals surface area contributed by atoms with Gasteiger partial charge < -0.3 is 14.6 Å². The normalized spacial score (nSPS) is 16.0. The van der Waals surface area contributed by atoms with Gasteiger partial charge in [-0.05, 0) is 59.9 Å². The Balaban J connectivity index is 1.59. The molecule has 6 nitrogen and oxygen atoms in total. The number of hydrogen-bond donors (Lipinski definition) is 1. The fraction of sp³-hybridized carbons (Fsp3) is 0.250. The first-order chi connectivity index (χ1) is 17.3. The number of hydrogen-bond acceptors (Lipinski definition) is 5. The highest BCUT2D eigenvalue weighted by Crippen LogP contribution is 2.37. The zero-order chi connectivity index (χ0) is 25.3. The lowest BCUT2D eigenvalue weighted by Gasteiger charge is -2.25. The van der Waals surface area contributed by atoms with E-state index in [4.69, 9.17) is 9.72 Å². The molecule has 4 aromatic rings. The summed E-state index contributed by atoms with van der Waals surface area (Å²) in [4.78, 5) is 13.1. The van der Waals surface area contributed by atoms with Crippen molar-refractivity contribution in [2.24, 2.45) is 5.92 Å². The van der Waals surface area contributed by atoms with Crippen LogP contribution in [0.15, 0.2) is 84.5 Å². The summed E-state index contributed by atoms with van der Waals surface area (Å²) >= 11 is 0. The quantitative estimate of drug-likeness (QED) is 0.311. The van der Waals surface area contributed by atoms with Gasteiger partial charge in [-0.1, -0.05) is 25.1 Å². The van der Waals surface area contributed by atoms with E-state index in [2.05, 4.69) is 15.3 Å². The molecular weight excluding hydrogens is 460 g/mol. The topological polar surface area (TPSA) is 64.9 Å². The van der Waals surface area contributed by atoms with Gasteiger partial charge in [0.15, 0.2) is 0 Å². The van der Waals surface area contributed by atoms with E-state index in [1.807, 2.05) is 60.0 Å². The Labute approximate surface area is 208 Å². The average Bonchev–Trinajstić information content (AvgIpc) is 3.20. The number of methoxy groups -OCH3 is 1. The highest BCUT2D eigenvalue weighted by Gasteiger charge is 2.32. The minimum atomic E-state index is -2.92. The summed E-state index contributed by atoms with van der Waals surface area (Å²) in [6, 6.07) is 13.4. The number of nitrogens with zero attached hydrogens (tertiary/aromatic N) is 4. The molecule has 8 heteroatoms. The summed E-state index contributed by atoms with van der Waals surface area (Å²) in [5, 5.41) is 3.36. The minimum Gasteiger partial charge on any atom is -0.497 e. The number of imidazole rings is 1. The first-order valence-electron chi connectivity index (χ1n) is 11.8. The van der Waals surface area contributed by atoms with Gasteiger partial charge in [0, 0.05) is 36.1 Å². The van der Waals surface area contributed by atoms with E-state index in [1.165, 1.54) is 6.33 Å². The molecule has 0 amide bonds. The van der Waals surface area contributed by atoms with Crippen LogP contribution in [0.3, 0.4) is 0 Å². The molecule has 5 rings (SSSR count). The molecule has 0 saturated carbocycles. The van der Waals surface area contributed by atoms with Crippen LogP contribution >= 0.6 is 0 Å². The third-order valence-electron chi connectivity index (χ3n) is 6.32. The van der Waals surface area contributed by atoms with Gasteiger partial charge in [0.1, 0.15) is 12.1 Å². The van der Waals surface area contributed by atoms with E-state index in [0.29, 0.717) is 17.9 Å². The van der Waals surface area contributed by atoms with Crippen molar-refractivity contribution in [2.75, 3.05) is 12.4 Å². The zero-order valence-corrected chi connectivity index (χ0v) is 20.4. The second-order valence-corrected chi connectivity index (χ2v) is 9.12. The number of halogens is 2. The average molecular weight is 488 g/mol. The van der Waals surface area contributed by atoms with Gasteiger partial charge in [-0.15, -0.1) is 0 Å². The molecular formula is C28H27F2N5O. The van der Waals surface area contributed by atoms with Crippen molar-refractivity contribution < 1.29 is 13.5 Å². The number of benzene rings is 2.